The van der Waals surface area contributed by atoms with E-state index in [9.17, 15) is 0 Å². The molecule has 0 bridgehead atoms. The van der Waals surface area contributed by atoms with Gasteiger partial charge in [0.15, 0.2) is 0 Å². The average molecular weight is 400 g/mol. The number of hydrogen-bond donors (Lipinski definition) is 1. The molecule has 0 aliphatic heterocycles. The molecular formula is C23H25N7. The van der Waals surface area contributed by atoms with E-state index in [1.165, 1.54) is 5.56 Å². The van der Waals surface area contributed by atoms with Crippen molar-refractivity contribution in [3.63, 3.8) is 0 Å². The zero-order chi connectivity index (χ0) is 21.1. The zero-order valence-electron chi connectivity index (χ0n) is 17.4. The van der Waals surface area contributed by atoms with Crippen molar-refractivity contribution in [2.45, 2.75) is 39.7 Å². The molecule has 0 spiro atoms. The maximum atomic E-state index is 6.01. The van der Waals surface area contributed by atoms with Gasteiger partial charge in [-0.05, 0) is 42.2 Å². The van der Waals surface area contributed by atoms with Crippen LogP contribution in [0, 0.1) is 0 Å². The Hall–Kier alpha value is -3.61. The Morgan fingerprint density at radius 3 is 2.47 bits per heavy atom. The molecule has 7 heteroatoms. The van der Waals surface area contributed by atoms with Crippen LogP contribution < -0.4 is 5.73 Å². The van der Waals surface area contributed by atoms with E-state index >= 15 is 0 Å². The molecule has 3 heterocycles. The van der Waals surface area contributed by atoms with Gasteiger partial charge in [0.25, 0.3) is 0 Å². The Morgan fingerprint density at radius 2 is 1.67 bits per heavy atom. The molecule has 0 fully saturated rings. The number of nitrogen functional groups attached to an aromatic ring is 1. The van der Waals surface area contributed by atoms with E-state index in [4.69, 9.17) is 5.73 Å². The predicted molar refractivity (Wildman–Crippen MR) is 118 cm³/mol. The summed E-state index contributed by atoms with van der Waals surface area (Å²) in [6, 6.07) is 16.3. The lowest BCUT2D eigenvalue weighted by Gasteiger charge is -2.09. The first-order chi connectivity index (χ1) is 14.5. The summed E-state index contributed by atoms with van der Waals surface area (Å²) in [5.74, 6) is 0.646. The molecule has 0 unspecified atom stereocenters. The number of hydrogen-bond acceptors (Lipinski definition) is 6. The number of aryl methyl sites for hydroxylation is 1. The molecule has 0 saturated heterocycles. The van der Waals surface area contributed by atoms with Gasteiger partial charge in [-0.3, -0.25) is 4.98 Å². The highest BCUT2D eigenvalue weighted by Gasteiger charge is 2.12. The second-order valence-electron chi connectivity index (χ2n) is 7.55. The smallest absolute Gasteiger partial charge is 0.221 e. The Kier molecular flexibility index (Phi) is 5.52. The van der Waals surface area contributed by atoms with Crippen molar-refractivity contribution < 1.29 is 0 Å². The molecule has 7 nitrogen and oxygen atoms in total. The molecule has 2 N–H and O–H groups in total. The van der Waals surface area contributed by atoms with Crippen LogP contribution in [0.15, 0.2) is 54.7 Å². The largest absolute Gasteiger partial charge is 0.368 e. The SMILES string of the molecule is CCc1cccc(Cn2cc(-c3cc(-c4cccc(C(C)C)c4)nc(N)n3)nn2)n1. The Morgan fingerprint density at radius 1 is 0.900 bits per heavy atom. The molecule has 30 heavy (non-hydrogen) atoms. The summed E-state index contributed by atoms with van der Waals surface area (Å²) in [6.07, 6.45) is 2.76. The lowest BCUT2D eigenvalue weighted by Crippen LogP contribution is -2.03. The zero-order valence-corrected chi connectivity index (χ0v) is 17.4. The minimum atomic E-state index is 0.212. The van der Waals surface area contributed by atoms with Crippen LogP contribution in [0.25, 0.3) is 22.6 Å². The second kappa shape index (κ2) is 8.41. The topological polar surface area (TPSA) is 95.4 Å². The minimum absolute atomic E-state index is 0.212. The lowest BCUT2D eigenvalue weighted by atomic mass is 9.99. The molecule has 1 aromatic carbocycles. The van der Waals surface area contributed by atoms with Gasteiger partial charge >= 0.3 is 0 Å². The van der Waals surface area contributed by atoms with Crippen LogP contribution >= 0.6 is 0 Å². The highest BCUT2D eigenvalue weighted by molar-refractivity contribution is 5.67. The van der Waals surface area contributed by atoms with Crippen LogP contribution in [-0.4, -0.2) is 29.9 Å². The van der Waals surface area contributed by atoms with Crippen molar-refractivity contribution in [1.82, 2.24) is 29.9 Å². The highest BCUT2D eigenvalue weighted by Crippen LogP contribution is 2.26. The molecule has 0 aliphatic carbocycles. The number of pyridine rings is 1. The fraction of sp³-hybridized carbons (Fsp3) is 0.261. The van der Waals surface area contributed by atoms with E-state index in [2.05, 4.69) is 58.2 Å². The molecule has 0 aliphatic rings. The standard InChI is InChI=1S/C23H25N7/c1-4-18-9-6-10-19(25-18)13-30-14-22(28-29-30)21-12-20(26-23(24)27-21)17-8-5-7-16(11-17)15(2)3/h5-12,14-15H,4,13H2,1-3H3,(H2,24,26,27). The first kappa shape index (κ1) is 19.7. The van der Waals surface area contributed by atoms with E-state index in [1.54, 1.807) is 4.68 Å². The van der Waals surface area contributed by atoms with Crippen LogP contribution in [0.4, 0.5) is 5.95 Å². The van der Waals surface area contributed by atoms with E-state index in [-0.39, 0.29) is 5.95 Å². The number of anilines is 1. The maximum Gasteiger partial charge on any atom is 0.221 e. The van der Waals surface area contributed by atoms with Gasteiger partial charge in [0.2, 0.25) is 5.95 Å². The van der Waals surface area contributed by atoms with Crippen LogP contribution in [0.1, 0.15) is 43.6 Å². The van der Waals surface area contributed by atoms with Gasteiger partial charge in [-0.2, -0.15) is 0 Å². The first-order valence-electron chi connectivity index (χ1n) is 10.1. The summed E-state index contributed by atoms with van der Waals surface area (Å²) in [5.41, 5.74) is 12.3. The fourth-order valence-corrected chi connectivity index (χ4v) is 3.28. The maximum absolute atomic E-state index is 6.01. The number of nitrogens with two attached hydrogens (primary N) is 1. The van der Waals surface area contributed by atoms with Crippen LogP contribution in [0.2, 0.25) is 0 Å². The normalized spacial score (nSPS) is 11.2. The summed E-state index contributed by atoms with van der Waals surface area (Å²) >= 11 is 0. The van der Waals surface area contributed by atoms with E-state index in [1.807, 2.05) is 42.6 Å². The summed E-state index contributed by atoms with van der Waals surface area (Å²) in [4.78, 5) is 13.4. The molecular weight excluding hydrogens is 374 g/mol. The summed E-state index contributed by atoms with van der Waals surface area (Å²) in [5, 5.41) is 8.52. The molecule has 152 valence electrons. The van der Waals surface area contributed by atoms with E-state index < -0.39 is 0 Å². The minimum Gasteiger partial charge on any atom is -0.368 e. The molecule has 4 rings (SSSR count). The van der Waals surface area contributed by atoms with Gasteiger partial charge in [-0.1, -0.05) is 50.3 Å². The Balaban J connectivity index is 1.63. The third kappa shape index (κ3) is 4.35. The summed E-state index contributed by atoms with van der Waals surface area (Å²) in [7, 11) is 0. The Labute approximate surface area is 176 Å². The van der Waals surface area contributed by atoms with Gasteiger partial charge in [0, 0.05) is 11.3 Å². The number of rotatable bonds is 6. The van der Waals surface area contributed by atoms with Gasteiger partial charge in [-0.15, -0.1) is 5.10 Å². The van der Waals surface area contributed by atoms with Gasteiger partial charge in [-0.25, -0.2) is 14.6 Å². The van der Waals surface area contributed by atoms with Crippen molar-refractivity contribution in [3.05, 3.63) is 71.7 Å². The van der Waals surface area contributed by atoms with E-state index in [0.717, 1.165) is 29.1 Å². The van der Waals surface area contributed by atoms with Gasteiger partial charge in [0.1, 0.15) is 5.69 Å². The number of nitrogens with zero attached hydrogens (tertiary/aromatic N) is 6. The number of aromatic nitrogens is 6. The average Bonchev–Trinajstić information content (AvgIpc) is 3.22. The van der Waals surface area contributed by atoms with Crippen molar-refractivity contribution in [2.24, 2.45) is 0 Å². The number of benzene rings is 1. The van der Waals surface area contributed by atoms with Crippen LogP contribution in [-0.2, 0) is 13.0 Å². The molecule has 0 saturated carbocycles. The second-order valence-corrected chi connectivity index (χ2v) is 7.55. The molecule has 0 atom stereocenters. The van der Waals surface area contributed by atoms with Crippen molar-refractivity contribution in [2.75, 3.05) is 5.73 Å². The first-order valence-corrected chi connectivity index (χ1v) is 10.1. The third-order valence-electron chi connectivity index (χ3n) is 4.94. The Bertz CT molecular complexity index is 1160. The van der Waals surface area contributed by atoms with Crippen molar-refractivity contribution >= 4 is 5.95 Å². The quantitative estimate of drug-likeness (QED) is 0.524. The highest BCUT2D eigenvalue weighted by atomic mass is 15.4. The van der Waals surface area contributed by atoms with Gasteiger partial charge < -0.3 is 5.73 Å². The van der Waals surface area contributed by atoms with Crippen LogP contribution in [0.3, 0.4) is 0 Å². The van der Waals surface area contributed by atoms with Crippen LogP contribution in [0.5, 0.6) is 0 Å². The summed E-state index contributed by atoms with van der Waals surface area (Å²) < 4.78 is 1.76. The van der Waals surface area contributed by atoms with Crippen molar-refractivity contribution in [3.8, 4) is 22.6 Å². The summed E-state index contributed by atoms with van der Waals surface area (Å²) in [6.45, 7) is 6.98. The van der Waals surface area contributed by atoms with Crippen molar-refractivity contribution in [1.29, 1.82) is 0 Å². The fourth-order valence-electron chi connectivity index (χ4n) is 3.28. The lowest BCUT2D eigenvalue weighted by molar-refractivity contribution is 0.636. The molecule has 0 radical (unpaired) electrons. The van der Waals surface area contributed by atoms with E-state index in [0.29, 0.717) is 23.9 Å². The molecule has 4 aromatic rings. The predicted octanol–water partition coefficient (Wildman–Crippen LogP) is 4.11. The third-order valence-corrected chi connectivity index (χ3v) is 4.94. The molecule has 3 aromatic heterocycles. The molecule has 0 amide bonds. The van der Waals surface area contributed by atoms with Gasteiger partial charge in [0.05, 0.1) is 29.8 Å². The monoisotopic (exact) mass is 399 g/mol.